The van der Waals surface area contributed by atoms with Gasteiger partial charge >= 0.3 is 0 Å². The van der Waals surface area contributed by atoms with Gasteiger partial charge in [0.2, 0.25) is 0 Å². The van der Waals surface area contributed by atoms with Crippen molar-refractivity contribution >= 4 is 9.84 Å². The maximum absolute atomic E-state index is 11.5. The van der Waals surface area contributed by atoms with Gasteiger partial charge < -0.3 is 4.57 Å². The van der Waals surface area contributed by atoms with Crippen molar-refractivity contribution < 1.29 is 8.42 Å². The molecule has 0 radical (unpaired) electrons. The number of aryl methyl sites for hydroxylation is 1. The zero-order valence-electron chi connectivity index (χ0n) is 8.06. The van der Waals surface area contributed by atoms with Crippen LogP contribution in [-0.2, 0) is 22.6 Å². The van der Waals surface area contributed by atoms with Gasteiger partial charge in [0.05, 0.1) is 23.0 Å². The normalized spacial score (nSPS) is 12.3. The molecule has 0 aliphatic heterocycles. The Morgan fingerprint density at radius 2 is 2.15 bits per heavy atom. The monoisotopic (exact) mass is 202 g/mol. The molecule has 0 saturated heterocycles. The minimum absolute atomic E-state index is 0.0332. The molecule has 0 saturated carbocycles. The fourth-order valence-corrected chi connectivity index (χ4v) is 1.81. The molecular formula is C8H14N2O2S. The lowest BCUT2D eigenvalue weighted by Gasteiger charge is -2.04. The van der Waals surface area contributed by atoms with Crippen LogP contribution < -0.4 is 0 Å². The molecule has 0 unspecified atom stereocenters. The fraction of sp³-hybridized carbons (Fsp3) is 0.625. The Labute approximate surface area is 78.5 Å². The van der Waals surface area contributed by atoms with Crippen LogP contribution in [0.4, 0.5) is 0 Å². The lowest BCUT2D eigenvalue weighted by Crippen LogP contribution is -2.16. The molecule has 0 amide bonds. The smallest absolute Gasteiger partial charge is 0.158 e. The molecule has 1 aromatic rings. The quantitative estimate of drug-likeness (QED) is 0.726. The van der Waals surface area contributed by atoms with Gasteiger partial charge in [0.15, 0.2) is 9.84 Å². The van der Waals surface area contributed by atoms with Crippen LogP contribution in [0.5, 0.6) is 0 Å². The van der Waals surface area contributed by atoms with E-state index >= 15 is 0 Å². The number of hydrogen-bond donors (Lipinski definition) is 0. The van der Waals surface area contributed by atoms with Gasteiger partial charge in [-0.1, -0.05) is 0 Å². The first-order valence-corrected chi connectivity index (χ1v) is 5.82. The minimum atomic E-state index is -3.01. The van der Waals surface area contributed by atoms with Crippen molar-refractivity contribution in [2.75, 3.05) is 0 Å². The molecule has 4 nitrogen and oxygen atoms in total. The van der Waals surface area contributed by atoms with Crippen molar-refractivity contribution in [1.29, 1.82) is 0 Å². The molecular weight excluding hydrogens is 188 g/mol. The molecule has 0 aromatic carbocycles. The second-order valence-corrected chi connectivity index (χ2v) is 5.94. The standard InChI is InChI=1S/C8H14N2O2S/c1-7(2)13(11,12)5-8-4-10(3)6-9-8/h4,6-7H,5H2,1-3H3. The molecule has 0 atom stereocenters. The summed E-state index contributed by atoms with van der Waals surface area (Å²) in [5.74, 6) is 0.0332. The van der Waals surface area contributed by atoms with E-state index < -0.39 is 9.84 Å². The average molecular weight is 202 g/mol. The van der Waals surface area contributed by atoms with Crippen molar-refractivity contribution in [3.63, 3.8) is 0 Å². The number of hydrogen-bond acceptors (Lipinski definition) is 3. The molecule has 1 heterocycles. The van der Waals surface area contributed by atoms with E-state index in [1.807, 2.05) is 7.05 Å². The van der Waals surface area contributed by atoms with Gasteiger partial charge in [-0.3, -0.25) is 0 Å². The molecule has 74 valence electrons. The number of imidazole rings is 1. The molecule has 0 aliphatic carbocycles. The van der Waals surface area contributed by atoms with E-state index in [0.717, 1.165) is 0 Å². The van der Waals surface area contributed by atoms with Crippen LogP contribution in [0.3, 0.4) is 0 Å². The maximum atomic E-state index is 11.5. The predicted octanol–water partition coefficient (Wildman–Crippen LogP) is 0.743. The van der Waals surface area contributed by atoms with Crippen molar-refractivity contribution in [2.45, 2.75) is 24.9 Å². The van der Waals surface area contributed by atoms with Gasteiger partial charge in [-0.05, 0) is 13.8 Å². The number of nitrogens with zero attached hydrogens (tertiary/aromatic N) is 2. The van der Waals surface area contributed by atoms with E-state index in [1.165, 1.54) is 0 Å². The van der Waals surface area contributed by atoms with E-state index in [1.54, 1.807) is 30.9 Å². The summed E-state index contributed by atoms with van der Waals surface area (Å²) in [5.41, 5.74) is 0.608. The first-order chi connectivity index (χ1) is 5.92. The molecule has 0 bridgehead atoms. The van der Waals surface area contributed by atoms with Crippen LogP contribution in [-0.4, -0.2) is 23.2 Å². The van der Waals surface area contributed by atoms with Gasteiger partial charge in [-0.15, -0.1) is 0 Å². The molecule has 0 N–H and O–H groups in total. The summed E-state index contributed by atoms with van der Waals surface area (Å²) >= 11 is 0. The van der Waals surface area contributed by atoms with E-state index in [0.29, 0.717) is 5.69 Å². The Bertz CT molecular complexity index is 379. The third kappa shape index (κ3) is 2.55. The SMILES string of the molecule is CC(C)S(=O)(=O)Cc1cn(C)cn1. The Morgan fingerprint density at radius 1 is 1.54 bits per heavy atom. The van der Waals surface area contributed by atoms with Crippen LogP contribution in [0.15, 0.2) is 12.5 Å². The molecule has 0 aliphatic rings. The third-order valence-corrected chi connectivity index (χ3v) is 3.96. The molecule has 13 heavy (non-hydrogen) atoms. The summed E-state index contributed by atoms with van der Waals surface area (Å²) in [6, 6.07) is 0. The average Bonchev–Trinajstić information content (AvgIpc) is 2.34. The van der Waals surface area contributed by atoms with Crippen LogP contribution in [0.25, 0.3) is 0 Å². The van der Waals surface area contributed by atoms with E-state index in [9.17, 15) is 8.42 Å². The fourth-order valence-electron chi connectivity index (χ4n) is 0.914. The number of sulfone groups is 1. The summed E-state index contributed by atoms with van der Waals surface area (Å²) in [7, 11) is -1.20. The second-order valence-electron chi connectivity index (χ2n) is 3.39. The topological polar surface area (TPSA) is 52.0 Å². The molecule has 5 heteroatoms. The third-order valence-electron chi connectivity index (χ3n) is 1.83. The largest absolute Gasteiger partial charge is 0.340 e. The number of rotatable bonds is 3. The lowest BCUT2D eigenvalue weighted by atomic mass is 10.5. The van der Waals surface area contributed by atoms with Gasteiger partial charge in [0, 0.05) is 13.2 Å². The molecule has 0 fully saturated rings. The van der Waals surface area contributed by atoms with Crippen LogP contribution in [0, 0.1) is 0 Å². The Balaban J connectivity index is 2.81. The summed E-state index contributed by atoms with van der Waals surface area (Å²) < 4.78 is 24.7. The van der Waals surface area contributed by atoms with Crippen LogP contribution in [0.2, 0.25) is 0 Å². The zero-order valence-corrected chi connectivity index (χ0v) is 8.87. The van der Waals surface area contributed by atoms with Crippen molar-refractivity contribution in [1.82, 2.24) is 9.55 Å². The Hall–Kier alpha value is -0.840. The summed E-state index contributed by atoms with van der Waals surface area (Å²) in [4.78, 5) is 3.97. The highest BCUT2D eigenvalue weighted by molar-refractivity contribution is 7.91. The zero-order chi connectivity index (χ0) is 10.1. The van der Waals surface area contributed by atoms with Gasteiger partial charge in [-0.2, -0.15) is 0 Å². The van der Waals surface area contributed by atoms with E-state index in [-0.39, 0.29) is 11.0 Å². The predicted molar refractivity (Wildman–Crippen MR) is 51.0 cm³/mol. The van der Waals surface area contributed by atoms with Gasteiger partial charge in [0.1, 0.15) is 0 Å². The van der Waals surface area contributed by atoms with Crippen LogP contribution >= 0.6 is 0 Å². The first-order valence-electron chi connectivity index (χ1n) is 4.10. The van der Waals surface area contributed by atoms with Crippen molar-refractivity contribution in [2.24, 2.45) is 7.05 Å². The highest BCUT2D eigenvalue weighted by Gasteiger charge is 2.17. The van der Waals surface area contributed by atoms with E-state index in [2.05, 4.69) is 4.98 Å². The number of aromatic nitrogens is 2. The second kappa shape index (κ2) is 3.49. The van der Waals surface area contributed by atoms with Gasteiger partial charge in [-0.25, -0.2) is 13.4 Å². The summed E-state index contributed by atoms with van der Waals surface area (Å²) in [6.45, 7) is 3.36. The highest BCUT2D eigenvalue weighted by atomic mass is 32.2. The summed E-state index contributed by atoms with van der Waals surface area (Å²) in [6.07, 6.45) is 3.32. The van der Waals surface area contributed by atoms with Crippen molar-refractivity contribution in [3.8, 4) is 0 Å². The summed E-state index contributed by atoms with van der Waals surface area (Å²) in [5, 5.41) is -0.338. The minimum Gasteiger partial charge on any atom is -0.340 e. The van der Waals surface area contributed by atoms with E-state index in [4.69, 9.17) is 0 Å². The molecule has 0 spiro atoms. The Morgan fingerprint density at radius 3 is 2.54 bits per heavy atom. The highest BCUT2D eigenvalue weighted by Crippen LogP contribution is 2.08. The molecule has 1 rings (SSSR count). The first kappa shape index (κ1) is 10.2. The lowest BCUT2D eigenvalue weighted by molar-refractivity contribution is 0.586. The van der Waals surface area contributed by atoms with Gasteiger partial charge in [0.25, 0.3) is 0 Å². The van der Waals surface area contributed by atoms with Crippen molar-refractivity contribution in [3.05, 3.63) is 18.2 Å². The van der Waals surface area contributed by atoms with Crippen LogP contribution in [0.1, 0.15) is 19.5 Å². The Kier molecular flexibility index (Phi) is 2.75. The maximum Gasteiger partial charge on any atom is 0.158 e. The molecule has 1 aromatic heterocycles.